The van der Waals surface area contributed by atoms with Crippen LogP contribution in [0, 0.1) is 0 Å². The van der Waals surface area contributed by atoms with Gasteiger partial charge in [0, 0.05) is 39.9 Å². The van der Waals surface area contributed by atoms with Gasteiger partial charge in [0.05, 0.1) is 11.8 Å². The average molecular weight is 321 g/mol. The molecule has 1 heterocycles. The fourth-order valence-corrected chi connectivity index (χ4v) is 3.83. The first kappa shape index (κ1) is 18.3. The van der Waals surface area contributed by atoms with Gasteiger partial charge in [0.2, 0.25) is 15.9 Å². The van der Waals surface area contributed by atoms with Crippen molar-refractivity contribution in [1.29, 1.82) is 0 Å². The molecular formula is C13H27N3O4S. The van der Waals surface area contributed by atoms with Crippen LogP contribution in [0.25, 0.3) is 0 Å². The molecule has 2 N–H and O–H groups in total. The largest absolute Gasteiger partial charge is 0.385 e. The van der Waals surface area contributed by atoms with Gasteiger partial charge in [-0.15, -0.1) is 0 Å². The maximum absolute atomic E-state index is 12.1. The predicted octanol–water partition coefficient (Wildman–Crippen LogP) is -0.376. The molecule has 1 unspecified atom stereocenters. The average Bonchev–Trinajstić information content (AvgIpc) is 2.47. The summed E-state index contributed by atoms with van der Waals surface area (Å²) in [7, 11) is -1.70. The number of sulfonamides is 1. The number of amides is 1. The number of hydrogen-bond acceptors (Lipinski definition) is 5. The van der Waals surface area contributed by atoms with Crippen LogP contribution in [0.2, 0.25) is 0 Å². The molecule has 0 aromatic heterocycles. The van der Waals surface area contributed by atoms with Gasteiger partial charge in [0.1, 0.15) is 0 Å². The van der Waals surface area contributed by atoms with Crippen LogP contribution in [-0.4, -0.2) is 75.2 Å². The summed E-state index contributed by atoms with van der Waals surface area (Å²) >= 11 is 0. The maximum atomic E-state index is 12.1. The summed E-state index contributed by atoms with van der Waals surface area (Å²) in [5.41, 5.74) is 5.82. The molecule has 1 aliphatic rings. The quantitative estimate of drug-likeness (QED) is 0.615. The molecule has 1 amide bonds. The van der Waals surface area contributed by atoms with Crippen molar-refractivity contribution >= 4 is 15.9 Å². The number of methoxy groups -OCH3 is 1. The second kappa shape index (κ2) is 8.67. The van der Waals surface area contributed by atoms with Gasteiger partial charge in [-0.3, -0.25) is 4.79 Å². The van der Waals surface area contributed by atoms with Gasteiger partial charge < -0.3 is 15.4 Å². The lowest BCUT2D eigenvalue weighted by atomic mass is 10.1. The Morgan fingerprint density at radius 1 is 1.29 bits per heavy atom. The van der Waals surface area contributed by atoms with Gasteiger partial charge in [-0.2, -0.15) is 4.31 Å². The summed E-state index contributed by atoms with van der Waals surface area (Å²) in [4.78, 5) is 13.7. The zero-order valence-electron chi connectivity index (χ0n) is 13.0. The Kier molecular flexibility index (Phi) is 7.58. The maximum Gasteiger partial charge on any atom is 0.239 e. The SMILES string of the molecule is CCCC(N)C(=O)N1CCN(S(=O)(=O)CCCOC)CC1. The molecule has 0 radical (unpaired) electrons. The topological polar surface area (TPSA) is 92.9 Å². The number of piperazine rings is 1. The molecule has 1 saturated heterocycles. The van der Waals surface area contributed by atoms with Crippen molar-refractivity contribution in [3.05, 3.63) is 0 Å². The molecule has 0 spiro atoms. The van der Waals surface area contributed by atoms with Gasteiger partial charge in [-0.05, 0) is 12.8 Å². The van der Waals surface area contributed by atoms with Crippen LogP contribution in [0.15, 0.2) is 0 Å². The zero-order valence-corrected chi connectivity index (χ0v) is 13.8. The monoisotopic (exact) mass is 321 g/mol. The Morgan fingerprint density at radius 3 is 2.43 bits per heavy atom. The fourth-order valence-electron chi connectivity index (χ4n) is 2.37. The van der Waals surface area contributed by atoms with Crippen molar-refractivity contribution in [2.24, 2.45) is 5.73 Å². The third-order valence-corrected chi connectivity index (χ3v) is 5.57. The second-order valence-corrected chi connectivity index (χ2v) is 7.37. The number of carbonyl (C=O) groups is 1. The Hall–Kier alpha value is -0.700. The van der Waals surface area contributed by atoms with E-state index in [2.05, 4.69) is 0 Å². The highest BCUT2D eigenvalue weighted by Gasteiger charge is 2.29. The summed E-state index contributed by atoms with van der Waals surface area (Å²) in [5.74, 6) is 0.0118. The number of hydrogen-bond donors (Lipinski definition) is 1. The van der Waals surface area contributed by atoms with Crippen molar-refractivity contribution < 1.29 is 17.9 Å². The van der Waals surface area contributed by atoms with E-state index in [0.29, 0.717) is 45.6 Å². The lowest BCUT2D eigenvalue weighted by molar-refractivity contribution is -0.133. The Balaban J connectivity index is 2.46. The molecule has 7 nitrogen and oxygen atoms in total. The fraction of sp³-hybridized carbons (Fsp3) is 0.923. The van der Waals surface area contributed by atoms with E-state index >= 15 is 0 Å². The van der Waals surface area contributed by atoms with E-state index in [1.54, 1.807) is 12.0 Å². The molecule has 0 saturated carbocycles. The van der Waals surface area contributed by atoms with Gasteiger partial charge in [-0.25, -0.2) is 8.42 Å². The number of carbonyl (C=O) groups excluding carboxylic acids is 1. The Labute approximate surface area is 127 Å². The van der Waals surface area contributed by atoms with E-state index in [-0.39, 0.29) is 11.7 Å². The molecule has 8 heteroatoms. The van der Waals surface area contributed by atoms with Crippen LogP contribution in [-0.2, 0) is 19.6 Å². The molecule has 0 aromatic rings. The van der Waals surface area contributed by atoms with Crippen molar-refractivity contribution in [3.8, 4) is 0 Å². The van der Waals surface area contributed by atoms with Crippen LogP contribution in [0.3, 0.4) is 0 Å². The minimum atomic E-state index is -3.25. The van der Waals surface area contributed by atoms with Crippen LogP contribution < -0.4 is 5.73 Å². The summed E-state index contributed by atoms with van der Waals surface area (Å²) in [5, 5.41) is 0. The van der Waals surface area contributed by atoms with Gasteiger partial charge in [0.25, 0.3) is 0 Å². The third kappa shape index (κ3) is 5.54. The summed E-state index contributed by atoms with van der Waals surface area (Å²) in [6.45, 7) is 3.94. The first-order chi connectivity index (χ1) is 9.92. The third-order valence-electron chi connectivity index (χ3n) is 3.61. The van der Waals surface area contributed by atoms with Gasteiger partial charge >= 0.3 is 0 Å². The molecule has 0 aliphatic carbocycles. The number of nitrogens with zero attached hydrogens (tertiary/aromatic N) is 2. The number of nitrogens with two attached hydrogens (primary N) is 1. The number of rotatable bonds is 8. The normalized spacial score (nSPS) is 18.7. The summed E-state index contributed by atoms with van der Waals surface area (Å²) in [6.07, 6.45) is 2.01. The molecule has 21 heavy (non-hydrogen) atoms. The van der Waals surface area contributed by atoms with E-state index < -0.39 is 16.1 Å². The van der Waals surface area contributed by atoms with Crippen molar-refractivity contribution in [2.75, 3.05) is 45.6 Å². The van der Waals surface area contributed by atoms with Gasteiger partial charge in [-0.1, -0.05) is 13.3 Å². The molecule has 0 bridgehead atoms. The molecule has 1 atom stereocenters. The molecular weight excluding hydrogens is 294 g/mol. The van der Waals surface area contributed by atoms with Crippen molar-refractivity contribution in [1.82, 2.24) is 9.21 Å². The molecule has 1 aliphatic heterocycles. The number of ether oxygens (including phenoxy) is 1. The highest BCUT2D eigenvalue weighted by atomic mass is 32.2. The smallest absolute Gasteiger partial charge is 0.239 e. The van der Waals surface area contributed by atoms with Crippen LogP contribution >= 0.6 is 0 Å². The van der Waals surface area contributed by atoms with Crippen LogP contribution in [0.4, 0.5) is 0 Å². The van der Waals surface area contributed by atoms with E-state index in [9.17, 15) is 13.2 Å². The van der Waals surface area contributed by atoms with E-state index in [4.69, 9.17) is 10.5 Å². The minimum absolute atomic E-state index is 0.0757. The summed E-state index contributed by atoms with van der Waals surface area (Å²) in [6, 6.07) is -0.472. The van der Waals surface area contributed by atoms with Gasteiger partial charge in [0.15, 0.2) is 0 Å². The Morgan fingerprint density at radius 2 is 1.90 bits per heavy atom. The Bertz CT molecular complexity index is 419. The van der Waals surface area contributed by atoms with Crippen molar-refractivity contribution in [2.45, 2.75) is 32.2 Å². The summed E-state index contributed by atoms with van der Waals surface area (Å²) < 4.78 is 30.6. The second-order valence-electron chi connectivity index (χ2n) is 5.28. The van der Waals surface area contributed by atoms with Crippen LogP contribution in [0.1, 0.15) is 26.2 Å². The molecule has 1 fully saturated rings. The lowest BCUT2D eigenvalue weighted by Crippen LogP contribution is -2.54. The van der Waals surface area contributed by atoms with E-state index in [0.717, 1.165) is 6.42 Å². The molecule has 124 valence electrons. The van der Waals surface area contributed by atoms with E-state index in [1.165, 1.54) is 4.31 Å². The van der Waals surface area contributed by atoms with Crippen molar-refractivity contribution in [3.63, 3.8) is 0 Å². The van der Waals surface area contributed by atoms with E-state index in [1.807, 2.05) is 6.92 Å². The zero-order chi connectivity index (χ0) is 15.9. The highest BCUT2D eigenvalue weighted by molar-refractivity contribution is 7.89. The predicted molar refractivity (Wildman–Crippen MR) is 81.3 cm³/mol. The highest BCUT2D eigenvalue weighted by Crippen LogP contribution is 2.11. The first-order valence-electron chi connectivity index (χ1n) is 7.43. The molecule has 1 rings (SSSR count). The standard InChI is InChI=1S/C13H27N3O4S/c1-3-5-12(14)13(17)15-6-8-16(9-7-15)21(18,19)11-4-10-20-2/h12H,3-11,14H2,1-2H3. The van der Waals surface area contributed by atoms with Crippen LogP contribution in [0.5, 0.6) is 0 Å². The first-order valence-corrected chi connectivity index (χ1v) is 9.04. The lowest BCUT2D eigenvalue weighted by Gasteiger charge is -2.35. The molecule has 0 aromatic carbocycles. The minimum Gasteiger partial charge on any atom is -0.385 e.